The van der Waals surface area contributed by atoms with Gasteiger partial charge in [-0.1, -0.05) is 6.07 Å². The van der Waals surface area contributed by atoms with E-state index in [1.165, 1.54) is 0 Å². The van der Waals surface area contributed by atoms with Crippen LogP contribution in [0.2, 0.25) is 0 Å². The molecule has 4 heteroatoms. The number of anilines is 2. The molecule has 1 rings (SSSR count). The van der Waals surface area contributed by atoms with Crippen LogP contribution in [-0.4, -0.2) is 17.9 Å². The molecule has 0 unspecified atom stereocenters. The van der Waals surface area contributed by atoms with Crippen molar-refractivity contribution < 1.29 is 4.79 Å². The molecule has 0 aliphatic heterocycles. The summed E-state index contributed by atoms with van der Waals surface area (Å²) in [6, 6.07) is 3.79. The third kappa shape index (κ3) is 3.17. The molecule has 1 amide bonds. The van der Waals surface area contributed by atoms with Gasteiger partial charge in [-0.2, -0.15) is 11.8 Å². The van der Waals surface area contributed by atoms with Crippen molar-refractivity contribution in [3.05, 3.63) is 23.3 Å². The summed E-state index contributed by atoms with van der Waals surface area (Å²) in [7, 11) is 0. The van der Waals surface area contributed by atoms with Crippen LogP contribution < -0.4 is 11.1 Å². The number of rotatable bonds is 4. The maximum absolute atomic E-state index is 11.6. The summed E-state index contributed by atoms with van der Waals surface area (Å²) >= 11 is 1.67. The molecule has 88 valence electrons. The first kappa shape index (κ1) is 12.9. The highest BCUT2D eigenvalue weighted by atomic mass is 32.2. The first-order valence-corrected chi connectivity index (χ1v) is 6.60. The Morgan fingerprint density at radius 1 is 1.44 bits per heavy atom. The Kier molecular flexibility index (Phi) is 4.68. The van der Waals surface area contributed by atoms with Gasteiger partial charge in [-0.3, -0.25) is 4.79 Å². The molecule has 1 aromatic rings. The summed E-state index contributed by atoms with van der Waals surface area (Å²) in [6.45, 7) is 3.89. The number of nitrogens with one attached hydrogen (secondary N) is 1. The van der Waals surface area contributed by atoms with Gasteiger partial charge in [0.1, 0.15) is 0 Å². The van der Waals surface area contributed by atoms with E-state index in [1.54, 1.807) is 11.8 Å². The number of carbonyl (C=O) groups is 1. The van der Waals surface area contributed by atoms with Crippen molar-refractivity contribution in [1.82, 2.24) is 0 Å². The molecule has 0 saturated carbocycles. The predicted octanol–water partition coefficient (Wildman–Crippen LogP) is 2.58. The van der Waals surface area contributed by atoms with Gasteiger partial charge in [0.25, 0.3) is 0 Å². The van der Waals surface area contributed by atoms with Gasteiger partial charge in [0.2, 0.25) is 5.91 Å². The molecule has 0 spiro atoms. The normalized spacial score (nSPS) is 10.2. The van der Waals surface area contributed by atoms with Crippen LogP contribution >= 0.6 is 11.8 Å². The lowest BCUT2D eigenvalue weighted by Gasteiger charge is -2.13. The average molecular weight is 238 g/mol. The average Bonchev–Trinajstić information content (AvgIpc) is 2.27. The van der Waals surface area contributed by atoms with E-state index in [2.05, 4.69) is 5.32 Å². The molecule has 16 heavy (non-hydrogen) atoms. The Morgan fingerprint density at radius 3 is 2.75 bits per heavy atom. The van der Waals surface area contributed by atoms with E-state index in [0.29, 0.717) is 12.1 Å². The topological polar surface area (TPSA) is 55.1 Å². The summed E-state index contributed by atoms with van der Waals surface area (Å²) in [5.41, 5.74) is 9.36. The van der Waals surface area contributed by atoms with Crippen LogP contribution in [0.15, 0.2) is 12.1 Å². The van der Waals surface area contributed by atoms with Gasteiger partial charge in [-0.05, 0) is 37.3 Å². The summed E-state index contributed by atoms with van der Waals surface area (Å²) in [4.78, 5) is 11.6. The smallest absolute Gasteiger partial charge is 0.225 e. The maximum atomic E-state index is 11.6. The minimum absolute atomic E-state index is 0.0474. The van der Waals surface area contributed by atoms with Crippen molar-refractivity contribution in [3.63, 3.8) is 0 Å². The van der Waals surface area contributed by atoms with Gasteiger partial charge in [0.05, 0.1) is 0 Å². The zero-order valence-electron chi connectivity index (χ0n) is 9.96. The summed E-state index contributed by atoms with van der Waals surface area (Å²) in [5, 5.41) is 2.92. The van der Waals surface area contributed by atoms with Crippen LogP contribution in [0.25, 0.3) is 0 Å². The fourth-order valence-electron chi connectivity index (χ4n) is 1.45. The lowest BCUT2D eigenvalue weighted by Crippen LogP contribution is -2.14. The largest absolute Gasteiger partial charge is 0.398 e. The minimum Gasteiger partial charge on any atom is -0.398 e. The summed E-state index contributed by atoms with van der Waals surface area (Å²) < 4.78 is 0. The highest BCUT2D eigenvalue weighted by molar-refractivity contribution is 7.98. The van der Waals surface area contributed by atoms with Gasteiger partial charge in [-0.15, -0.1) is 0 Å². The summed E-state index contributed by atoms with van der Waals surface area (Å²) in [6.07, 6.45) is 2.53. The van der Waals surface area contributed by atoms with E-state index in [1.807, 2.05) is 32.2 Å². The number of nitrogen functional groups attached to an aromatic ring is 1. The Hall–Kier alpha value is -1.16. The lowest BCUT2D eigenvalue weighted by molar-refractivity contribution is -0.115. The van der Waals surface area contributed by atoms with Gasteiger partial charge >= 0.3 is 0 Å². The monoisotopic (exact) mass is 238 g/mol. The van der Waals surface area contributed by atoms with Gasteiger partial charge in [0.15, 0.2) is 0 Å². The van der Waals surface area contributed by atoms with E-state index < -0.39 is 0 Å². The molecular formula is C12H18N2OS. The second-order valence-corrected chi connectivity index (χ2v) is 4.75. The molecule has 0 atom stereocenters. The molecule has 0 bridgehead atoms. The number of nitrogens with two attached hydrogens (primary N) is 1. The van der Waals surface area contributed by atoms with Crippen LogP contribution in [0.4, 0.5) is 11.4 Å². The standard InChI is InChI=1S/C12H18N2OS/c1-8-4-5-10(13)9(2)12(8)14-11(15)6-7-16-3/h4-5H,6-7,13H2,1-3H3,(H,14,15). The molecule has 3 nitrogen and oxygen atoms in total. The molecule has 0 saturated heterocycles. The Balaban J connectivity index is 2.80. The molecule has 0 radical (unpaired) electrons. The second kappa shape index (κ2) is 5.80. The van der Waals surface area contributed by atoms with E-state index in [4.69, 9.17) is 5.73 Å². The van der Waals surface area contributed by atoms with Crippen LogP contribution in [0.3, 0.4) is 0 Å². The molecule has 3 N–H and O–H groups in total. The molecule has 0 fully saturated rings. The zero-order valence-corrected chi connectivity index (χ0v) is 10.8. The third-order valence-electron chi connectivity index (χ3n) is 2.51. The quantitative estimate of drug-likeness (QED) is 0.793. The fraction of sp³-hybridized carbons (Fsp3) is 0.417. The number of hydrogen-bond acceptors (Lipinski definition) is 3. The number of amides is 1. The lowest BCUT2D eigenvalue weighted by atomic mass is 10.1. The van der Waals surface area contributed by atoms with Crippen LogP contribution in [0.1, 0.15) is 17.5 Å². The van der Waals surface area contributed by atoms with Crippen molar-refractivity contribution in [2.45, 2.75) is 20.3 Å². The highest BCUT2D eigenvalue weighted by Gasteiger charge is 2.08. The number of carbonyl (C=O) groups excluding carboxylic acids is 1. The highest BCUT2D eigenvalue weighted by Crippen LogP contribution is 2.25. The molecule has 0 aliphatic rings. The predicted molar refractivity (Wildman–Crippen MR) is 72.0 cm³/mol. The number of aryl methyl sites for hydroxylation is 1. The molecular weight excluding hydrogens is 220 g/mol. The Morgan fingerprint density at radius 2 is 2.12 bits per heavy atom. The van der Waals surface area contributed by atoms with Gasteiger partial charge in [0, 0.05) is 23.5 Å². The summed E-state index contributed by atoms with van der Waals surface area (Å²) in [5.74, 6) is 0.887. The van der Waals surface area contributed by atoms with Crippen LogP contribution in [0, 0.1) is 13.8 Å². The second-order valence-electron chi connectivity index (χ2n) is 3.76. The number of hydrogen-bond donors (Lipinski definition) is 2. The zero-order chi connectivity index (χ0) is 12.1. The van der Waals surface area contributed by atoms with E-state index in [-0.39, 0.29) is 5.91 Å². The number of thioether (sulfide) groups is 1. The molecule has 0 aliphatic carbocycles. The van der Waals surface area contributed by atoms with Crippen LogP contribution in [-0.2, 0) is 4.79 Å². The van der Waals surface area contributed by atoms with E-state index >= 15 is 0 Å². The Labute approximate surface area is 101 Å². The van der Waals surface area contributed by atoms with Crippen molar-refractivity contribution >= 4 is 29.0 Å². The van der Waals surface area contributed by atoms with Crippen molar-refractivity contribution in [3.8, 4) is 0 Å². The minimum atomic E-state index is 0.0474. The van der Waals surface area contributed by atoms with Crippen molar-refractivity contribution in [2.75, 3.05) is 23.1 Å². The third-order valence-corrected chi connectivity index (χ3v) is 3.13. The number of benzene rings is 1. The van der Waals surface area contributed by atoms with E-state index in [9.17, 15) is 4.79 Å². The van der Waals surface area contributed by atoms with Gasteiger partial charge < -0.3 is 11.1 Å². The Bertz CT molecular complexity index is 391. The first-order valence-electron chi connectivity index (χ1n) is 5.20. The fourth-order valence-corrected chi connectivity index (χ4v) is 1.84. The van der Waals surface area contributed by atoms with Crippen molar-refractivity contribution in [2.24, 2.45) is 0 Å². The molecule has 0 heterocycles. The molecule has 0 aromatic heterocycles. The molecule has 1 aromatic carbocycles. The van der Waals surface area contributed by atoms with E-state index in [0.717, 1.165) is 22.6 Å². The van der Waals surface area contributed by atoms with Crippen LogP contribution in [0.5, 0.6) is 0 Å². The van der Waals surface area contributed by atoms with Gasteiger partial charge in [-0.25, -0.2) is 0 Å². The maximum Gasteiger partial charge on any atom is 0.225 e. The first-order chi connectivity index (χ1) is 7.56. The SMILES string of the molecule is CSCCC(=O)Nc1c(C)ccc(N)c1C. The van der Waals surface area contributed by atoms with Crippen molar-refractivity contribution in [1.29, 1.82) is 0 Å².